The zero-order valence-corrected chi connectivity index (χ0v) is 17.7. The summed E-state index contributed by atoms with van der Waals surface area (Å²) in [6, 6.07) is 10.4. The zero-order chi connectivity index (χ0) is 21.9. The van der Waals surface area contributed by atoms with E-state index < -0.39 is 27.8 Å². The smallest absolute Gasteiger partial charge is 0.255 e. The summed E-state index contributed by atoms with van der Waals surface area (Å²) in [6.45, 7) is 2.78. The summed E-state index contributed by atoms with van der Waals surface area (Å²) in [5.41, 5.74) is 0.842. The van der Waals surface area contributed by atoms with Gasteiger partial charge in [0, 0.05) is 13.1 Å². The largest absolute Gasteiger partial charge is 0.339 e. The molecule has 0 radical (unpaired) electrons. The number of amides is 2. The van der Waals surface area contributed by atoms with E-state index in [1.807, 2.05) is 0 Å². The molecule has 0 aliphatic carbocycles. The number of carbonyl (C=O) groups is 2. The molecule has 1 fully saturated rings. The summed E-state index contributed by atoms with van der Waals surface area (Å²) in [4.78, 5) is 27.5. The van der Waals surface area contributed by atoms with Crippen molar-refractivity contribution in [3.63, 3.8) is 0 Å². The fraction of sp³-hybridized carbons (Fsp3) is 0.333. The first kappa shape index (κ1) is 21.8. The number of anilines is 2. The van der Waals surface area contributed by atoms with Crippen LogP contribution in [0.4, 0.5) is 15.8 Å². The maximum absolute atomic E-state index is 13.3. The van der Waals surface area contributed by atoms with E-state index >= 15 is 0 Å². The second-order valence-electron chi connectivity index (χ2n) is 7.25. The Morgan fingerprint density at radius 2 is 1.67 bits per heavy atom. The Labute approximate surface area is 175 Å². The van der Waals surface area contributed by atoms with Crippen LogP contribution in [-0.2, 0) is 14.8 Å². The lowest BCUT2D eigenvalue weighted by Gasteiger charge is -2.28. The maximum Gasteiger partial charge on any atom is 0.255 e. The molecule has 0 unspecified atom stereocenters. The lowest BCUT2D eigenvalue weighted by Crippen LogP contribution is -2.45. The summed E-state index contributed by atoms with van der Waals surface area (Å²) in [6.07, 6.45) is 2.86. The highest BCUT2D eigenvalue weighted by Crippen LogP contribution is 2.24. The molecule has 3 rings (SSSR count). The molecule has 1 saturated heterocycles. The molecule has 0 saturated carbocycles. The molecule has 9 heteroatoms. The summed E-state index contributed by atoms with van der Waals surface area (Å²) in [7, 11) is -3.83. The van der Waals surface area contributed by atoms with Crippen LogP contribution in [-0.4, -0.2) is 50.5 Å². The SMILES string of the molecule is C[C@H](C(=O)Nc1ccccc1C(=O)N1CCCC1)N(c1ccc(F)cc1)S(C)(=O)=O. The average Bonchev–Trinajstić information content (AvgIpc) is 3.23. The van der Waals surface area contributed by atoms with Crippen molar-refractivity contribution in [2.75, 3.05) is 29.0 Å². The molecule has 1 N–H and O–H groups in total. The number of halogens is 1. The van der Waals surface area contributed by atoms with Gasteiger partial charge in [-0.25, -0.2) is 12.8 Å². The number of nitrogens with zero attached hydrogens (tertiary/aromatic N) is 2. The molecule has 0 bridgehead atoms. The van der Waals surface area contributed by atoms with Gasteiger partial charge in [-0.2, -0.15) is 0 Å². The van der Waals surface area contributed by atoms with E-state index in [0.29, 0.717) is 24.3 Å². The molecule has 1 heterocycles. The third-order valence-electron chi connectivity index (χ3n) is 4.98. The number of nitrogens with one attached hydrogen (secondary N) is 1. The number of carbonyl (C=O) groups excluding carboxylic acids is 2. The molecule has 30 heavy (non-hydrogen) atoms. The van der Waals surface area contributed by atoms with Crippen LogP contribution in [0, 0.1) is 5.82 Å². The number of benzene rings is 2. The van der Waals surface area contributed by atoms with E-state index in [9.17, 15) is 22.4 Å². The highest BCUT2D eigenvalue weighted by molar-refractivity contribution is 7.92. The number of hydrogen-bond donors (Lipinski definition) is 1. The molecule has 2 amide bonds. The van der Waals surface area contributed by atoms with Crippen LogP contribution in [0.15, 0.2) is 48.5 Å². The quantitative estimate of drug-likeness (QED) is 0.759. The third kappa shape index (κ3) is 4.79. The first-order valence-corrected chi connectivity index (χ1v) is 11.5. The van der Waals surface area contributed by atoms with Gasteiger partial charge in [0.1, 0.15) is 11.9 Å². The molecular weight excluding hydrogens is 409 g/mol. The monoisotopic (exact) mass is 433 g/mol. The summed E-state index contributed by atoms with van der Waals surface area (Å²) in [5.74, 6) is -1.29. The van der Waals surface area contributed by atoms with E-state index in [0.717, 1.165) is 35.5 Å². The van der Waals surface area contributed by atoms with E-state index in [4.69, 9.17) is 0 Å². The predicted octanol–water partition coefficient (Wildman–Crippen LogP) is 2.85. The first-order valence-electron chi connectivity index (χ1n) is 9.62. The second-order valence-corrected chi connectivity index (χ2v) is 9.10. The van der Waals surface area contributed by atoms with Gasteiger partial charge in [0.2, 0.25) is 15.9 Å². The highest BCUT2D eigenvalue weighted by atomic mass is 32.2. The number of likely N-dealkylation sites (tertiary alicyclic amines) is 1. The van der Waals surface area contributed by atoms with Gasteiger partial charge in [0.15, 0.2) is 0 Å². The lowest BCUT2D eigenvalue weighted by molar-refractivity contribution is -0.116. The van der Waals surface area contributed by atoms with Crippen LogP contribution in [0.3, 0.4) is 0 Å². The van der Waals surface area contributed by atoms with Crippen molar-refractivity contribution in [1.29, 1.82) is 0 Å². The van der Waals surface area contributed by atoms with E-state index in [1.54, 1.807) is 29.2 Å². The summed E-state index contributed by atoms with van der Waals surface area (Å²) < 4.78 is 38.9. The fourth-order valence-electron chi connectivity index (χ4n) is 3.50. The van der Waals surface area contributed by atoms with Gasteiger partial charge in [-0.15, -0.1) is 0 Å². The van der Waals surface area contributed by atoms with Crippen molar-refractivity contribution < 1.29 is 22.4 Å². The topological polar surface area (TPSA) is 86.8 Å². The van der Waals surface area contributed by atoms with Gasteiger partial charge in [0.25, 0.3) is 5.91 Å². The molecule has 0 spiro atoms. The van der Waals surface area contributed by atoms with Gasteiger partial charge in [-0.1, -0.05) is 12.1 Å². The number of sulfonamides is 1. The molecule has 1 aliphatic heterocycles. The number of rotatable bonds is 6. The highest BCUT2D eigenvalue weighted by Gasteiger charge is 2.30. The molecule has 160 valence electrons. The van der Waals surface area contributed by atoms with E-state index in [1.165, 1.54) is 19.1 Å². The minimum absolute atomic E-state index is 0.169. The Morgan fingerprint density at radius 3 is 2.27 bits per heavy atom. The van der Waals surface area contributed by atoms with Gasteiger partial charge >= 0.3 is 0 Å². The third-order valence-corrected chi connectivity index (χ3v) is 6.22. The van der Waals surface area contributed by atoms with Crippen LogP contribution in [0.5, 0.6) is 0 Å². The van der Waals surface area contributed by atoms with Crippen LogP contribution in [0.1, 0.15) is 30.1 Å². The van der Waals surface area contributed by atoms with Crippen LogP contribution >= 0.6 is 0 Å². The number of para-hydroxylation sites is 1. The average molecular weight is 434 g/mol. The van der Waals surface area contributed by atoms with Crippen molar-refractivity contribution >= 4 is 33.2 Å². The van der Waals surface area contributed by atoms with E-state index in [-0.39, 0.29) is 11.6 Å². The lowest BCUT2D eigenvalue weighted by atomic mass is 10.1. The van der Waals surface area contributed by atoms with Crippen molar-refractivity contribution in [1.82, 2.24) is 4.90 Å². The predicted molar refractivity (Wildman–Crippen MR) is 113 cm³/mol. The van der Waals surface area contributed by atoms with Gasteiger partial charge in [-0.05, 0) is 56.2 Å². The first-order chi connectivity index (χ1) is 14.2. The molecule has 2 aromatic rings. The molecule has 1 atom stereocenters. The Kier molecular flexibility index (Phi) is 6.40. The standard InChI is InChI=1S/C21H24FN3O4S/c1-15(25(30(2,28)29)17-11-9-16(22)10-12-17)20(26)23-19-8-4-3-7-18(19)21(27)24-13-5-6-14-24/h3-4,7-12,15H,5-6,13-14H2,1-2H3,(H,23,26)/t15-/m1/s1. The molecule has 7 nitrogen and oxygen atoms in total. The van der Waals surface area contributed by atoms with Gasteiger partial charge in [0.05, 0.1) is 23.2 Å². The maximum atomic E-state index is 13.3. The van der Waals surface area contributed by atoms with Gasteiger partial charge < -0.3 is 10.2 Å². The summed E-state index contributed by atoms with van der Waals surface area (Å²) in [5, 5.41) is 2.68. The molecule has 1 aliphatic rings. The van der Waals surface area contributed by atoms with Crippen LogP contribution < -0.4 is 9.62 Å². The Morgan fingerprint density at radius 1 is 1.07 bits per heavy atom. The second kappa shape index (κ2) is 8.83. The fourth-order valence-corrected chi connectivity index (χ4v) is 4.68. The van der Waals surface area contributed by atoms with Crippen molar-refractivity contribution in [3.8, 4) is 0 Å². The Balaban J connectivity index is 1.85. The van der Waals surface area contributed by atoms with Crippen molar-refractivity contribution in [2.45, 2.75) is 25.8 Å². The van der Waals surface area contributed by atoms with Crippen molar-refractivity contribution in [2.24, 2.45) is 0 Å². The normalized spacial score (nSPS) is 15.0. The van der Waals surface area contributed by atoms with Crippen LogP contribution in [0.25, 0.3) is 0 Å². The minimum Gasteiger partial charge on any atom is -0.339 e. The van der Waals surface area contributed by atoms with E-state index in [2.05, 4.69) is 5.32 Å². The van der Waals surface area contributed by atoms with Crippen molar-refractivity contribution in [3.05, 3.63) is 59.9 Å². The van der Waals surface area contributed by atoms with Gasteiger partial charge in [-0.3, -0.25) is 13.9 Å². The molecular formula is C21H24FN3O4S. The molecule has 2 aromatic carbocycles. The Bertz CT molecular complexity index is 1030. The summed E-state index contributed by atoms with van der Waals surface area (Å²) >= 11 is 0. The van der Waals surface area contributed by atoms with Crippen LogP contribution in [0.2, 0.25) is 0 Å². The molecule has 0 aromatic heterocycles. The Hall–Kier alpha value is -2.94. The zero-order valence-electron chi connectivity index (χ0n) is 16.8. The minimum atomic E-state index is -3.83. The number of hydrogen-bond acceptors (Lipinski definition) is 4.